The first-order chi connectivity index (χ1) is 11.3. The van der Waals surface area contributed by atoms with Gasteiger partial charge in [0.25, 0.3) is 0 Å². The fourth-order valence-corrected chi connectivity index (χ4v) is 4.30. The first-order valence-corrected chi connectivity index (χ1v) is 8.71. The number of hydrogen-bond donors (Lipinski definition) is 1. The minimum atomic E-state index is -3.75. The lowest BCUT2D eigenvalue weighted by atomic mass is 10.1. The Labute approximate surface area is 139 Å². The Morgan fingerprint density at radius 1 is 1.38 bits per heavy atom. The number of sulfonamides is 1. The van der Waals surface area contributed by atoms with Crippen molar-refractivity contribution in [3.05, 3.63) is 41.2 Å². The van der Waals surface area contributed by atoms with Crippen molar-refractivity contribution in [3.63, 3.8) is 0 Å². The fourth-order valence-electron chi connectivity index (χ4n) is 2.86. The van der Waals surface area contributed by atoms with Gasteiger partial charge in [0.1, 0.15) is 5.75 Å². The van der Waals surface area contributed by atoms with Crippen LogP contribution < -0.4 is 4.74 Å². The van der Waals surface area contributed by atoms with Crippen LogP contribution in [0.5, 0.6) is 5.75 Å². The summed E-state index contributed by atoms with van der Waals surface area (Å²) in [5.74, 6) is -0.714. The molecular formula is C15H17N3O5S. The van der Waals surface area contributed by atoms with Crippen LogP contribution in [0.25, 0.3) is 0 Å². The van der Waals surface area contributed by atoms with Gasteiger partial charge >= 0.3 is 5.97 Å². The van der Waals surface area contributed by atoms with Crippen LogP contribution in [0.3, 0.4) is 0 Å². The van der Waals surface area contributed by atoms with Gasteiger partial charge in [0.05, 0.1) is 12.0 Å². The maximum absolute atomic E-state index is 12.8. The minimum Gasteiger partial charge on any atom is -0.497 e. The van der Waals surface area contributed by atoms with Crippen LogP contribution in [0, 0.1) is 0 Å². The Hall–Kier alpha value is -2.39. The van der Waals surface area contributed by atoms with Gasteiger partial charge in [-0.3, -0.25) is 4.68 Å². The molecular weight excluding hydrogens is 334 g/mol. The number of methoxy groups -OCH3 is 1. The zero-order valence-corrected chi connectivity index (χ0v) is 14.1. The summed E-state index contributed by atoms with van der Waals surface area (Å²) in [6.45, 7) is 0.259. The Bertz CT molecular complexity index is 904. The molecule has 0 aliphatic carbocycles. The smallest absolute Gasteiger partial charge is 0.356 e. The van der Waals surface area contributed by atoms with Crippen molar-refractivity contribution in [1.29, 1.82) is 0 Å². The van der Waals surface area contributed by atoms with Crippen molar-refractivity contribution in [1.82, 2.24) is 14.1 Å². The molecule has 1 aliphatic rings. The van der Waals surface area contributed by atoms with Crippen molar-refractivity contribution < 1.29 is 23.1 Å². The second-order valence-corrected chi connectivity index (χ2v) is 7.41. The molecule has 1 aromatic carbocycles. The molecule has 0 fully saturated rings. The maximum Gasteiger partial charge on any atom is 0.356 e. The molecule has 9 heteroatoms. The topological polar surface area (TPSA) is 102 Å². The van der Waals surface area contributed by atoms with Gasteiger partial charge in [0.2, 0.25) is 10.0 Å². The molecule has 1 aliphatic heterocycles. The highest BCUT2D eigenvalue weighted by atomic mass is 32.2. The SMILES string of the molecule is COc1cccc(S(=O)(=O)N2CCc3c(c(C(=O)O)nn3C)C2)c1. The molecule has 0 unspecified atom stereocenters. The number of aromatic carboxylic acids is 1. The zero-order valence-electron chi connectivity index (χ0n) is 13.3. The Kier molecular flexibility index (Phi) is 4.06. The number of hydrogen-bond acceptors (Lipinski definition) is 5. The fraction of sp³-hybridized carbons (Fsp3) is 0.333. The Morgan fingerprint density at radius 2 is 2.12 bits per heavy atom. The molecule has 2 aromatic rings. The summed E-state index contributed by atoms with van der Waals surface area (Å²) in [6, 6.07) is 6.21. The molecule has 1 N–H and O–H groups in total. The lowest BCUT2D eigenvalue weighted by Crippen LogP contribution is -2.36. The van der Waals surface area contributed by atoms with E-state index >= 15 is 0 Å². The largest absolute Gasteiger partial charge is 0.497 e. The number of benzene rings is 1. The quantitative estimate of drug-likeness (QED) is 0.877. The Morgan fingerprint density at radius 3 is 2.79 bits per heavy atom. The van der Waals surface area contributed by atoms with Crippen LogP contribution in [-0.2, 0) is 30.0 Å². The van der Waals surface area contributed by atoms with Crippen molar-refractivity contribution in [2.24, 2.45) is 7.05 Å². The molecule has 0 atom stereocenters. The first-order valence-electron chi connectivity index (χ1n) is 7.27. The number of nitrogens with zero attached hydrogens (tertiary/aromatic N) is 3. The third-order valence-electron chi connectivity index (χ3n) is 4.09. The van der Waals surface area contributed by atoms with Gasteiger partial charge in [0, 0.05) is 43.9 Å². The molecule has 1 aromatic heterocycles. The zero-order chi connectivity index (χ0) is 17.5. The van der Waals surface area contributed by atoms with E-state index < -0.39 is 16.0 Å². The summed E-state index contributed by atoms with van der Waals surface area (Å²) in [7, 11) is -0.617. The minimum absolute atomic E-state index is 0.00957. The van der Waals surface area contributed by atoms with Gasteiger partial charge in [-0.1, -0.05) is 6.07 Å². The molecule has 2 heterocycles. The van der Waals surface area contributed by atoms with E-state index in [-0.39, 0.29) is 23.7 Å². The van der Waals surface area contributed by atoms with Crippen LogP contribution in [0.2, 0.25) is 0 Å². The van der Waals surface area contributed by atoms with Crippen molar-refractivity contribution in [2.75, 3.05) is 13.7 Å². The molecule has 0 bridgehead atoms. The maximum atomic E-state index is 12.8. The highest BCUT2D eigenvalue weighted by Gasteiger charge is 2.33. The monoisotopic (exact) mass is 351 g/mol. The van der Waals surface area contributed by atoms with Gasteiger partial charge in [-0.15, -0.1) is 0 Å². The predicted molar refractivity (Wildman–Crippen MR) is 84.5 cm³/mol. The number of aromatic nitrogens is 2. The van der Waals surface area contributed by atoms with Crippen LogP contribution in [0.4, 0.5) is 0 Å². The van der Waals surface area contributed by atoms with Gasteiger partial charge in [0.15, 0.2) is 5.69 Å². The molecule has 0 saturated carbocycles. The van der Waals surface area contributed by atoms with E-state index in [1.165, 1.54) is 28.2 Å². The van der Waals surface area contributed by atoms with Gasteiger partial charge in [-0.05, 0) is 12.1 Å². The van der Waals surface area contributed by atoms with Crippen LogP contribution in [-0.4, -0.2) is 47.2 Å². The van der Waals surface area contributed by atoms with Crippen LogP contribution in [0.1, 0.15) is 21.7 Å². The summed E-state index contributed by atoms with van der Waals surface area (Å²) in [6.07, 6.45) is 0.412. The average molecular weight is 351 g/mol. The second-order valence-electron chi connectivity index (χ2n) is 5.47. The third-order valence-corrected chi connectivity index (χ3v) is 5.93. The normalized spacial score (nSPS) is 15.1. The molecule has 8 nitrogen and oxygen atoms in total. The van der Waals surface area contributed by atoms with Crippen LogP contribution >= 0.6 is 0 Å². The molecule has 0 amide bonds. The highest BCUT2D eigenvalue weighted by Crippen LogP contribution is 2.28. The van der Waals surface area contributed by atoms with E-state index in [2.05, 4.69) is 5.10 Å². The van der Waals surface area contributed by atoms with Gasteiger partial charge < -0.3 is 9.84 Å². The first kappa shape index (κ1) is 16.5. The summed E-state index contributed by atoms with van der Waals surface area (Å²) >= 11 is 0. The standard InChI is InChI=1S/C15H17N3O5S/c1-17-13-6-7-18(9-12(13)14(16-17)15(19)20)24(21,22)11-5-3-4-10(8-11)23-2/h3-5,8H,6-7,9H2,1-2H3,(H,19,20). The van der Waals surface area contributed by atoms with Gasteiger partial charge in [-0.2, -0.15) is 9.40 Å². The lowest BCUT2D eigenvalue weighted by molar-refractivity contribution is 0.0687. The molecule has 128 valence electrons. The van der Waals surface area contributed by atoms with Crippen molar-refractivity contribution in [2.45, 2.75) is 17.9 Å². The number of carboxylic acids is 1. The lowest BCUT2D eigenvalue weighted by Gasteiger charge is -2.26. The summed E-state index contributed by atoms with van der Waals surface area (Å²) in [5, 5.41) is 13.3. The molecule has 0 saturated heterocycles. The number of aryl methyl sites for hydroxylation is 1. The second kappa shape index (κ2) is 5.91. The number of rotatable bonds is 4. The van der Waals surface area contributed by atoms with E-state index in [1.807, 2.05) is 0 Å². The summed E-state index contributed by atoms with van der Waals surface area (Å²) < 4.78 is 33.6. The van der Waals surface area contributed by atoms with E-state index in [0.29, 0.717) is 17.7 Å². The van der Waals surface area contributed by atoms with E-state index in [1.54, 1.807) is 19.2 Å². The van der Waals surface area contributed by atoms with E-state index in [4.69, 9.17) is 4.74 Å². The summed E-state index contributed by atoms with van der Waals surface area (Å²) in [4.78, 5) is 11.5. The number of fused-ring (bicyclic) bond motifs is 1. The summed E-state index contributed by atoms with van der Waals surface area (Å²) in [5.41, 5.74) is 1.10. The number of carbonyl (C=O) groups is 1. The highest BCUT2D eigenvalue weighted by molar-refractivity contribution is 7.89. The van der Waals surface area contributed by atoms with Crippen molar-refractivity contribution in [3.8, 4) is 5.75 Å². The molecule has 3 rings (SSSR count). The van der Waals surface area contributed by atoms with E-state index in [9.17, 15) is 18.3 Å². The van der Waals surface area contributed by atoms with Crippen LogP contribution in [0.15, 0.2) is 29.2 Å². The molecule has 0 spiro atoms. The molecule has 0 radical (unpaired) electrons. The average Bonchev–Trinajstić information content (AvgIpc) is 2.91. The third kappa shape index (κ3) is 2.65. The van der Waals surface area contributed by atoms with E-state index in [0.717, 1.165) is 5.69 Å². The molecule has 24 heavy (non-hydrogen) atoms. The Balaban J connectivity index is 1.98. The van der Waals surface area contributed by atoms with Crippen molar-refractivity contribution >= 4 is 16.0 Å². The van der Waals surface area contributed by atoms with Gasteiger partial charge in [-0.25, -0.2) is 13.2 Å². The number of ether oxygens (including phenoxy) is 1. The number of carboxylic acid groups (broad SMARTS) is 1. The predicted octanol–water partition coefficient (Wildman–Crippen LogP) is 0.874.